The minimum Gasteiger partial charge on any atom is -0.391 e. The quantitative estimate of drug-likeness (QED) is 0.0923. The third-order valence-corrected chi connectivity index (χ3v) is 8.28. The SMILES string of the molecule is O[C@@H](CCCCCCCCCCCCCCCCC(F)(F)F)COC(c1ccccc1)(c1ccccc1)c1ccccc1. The van der Waals surface area contributed by atoms with Gasteiger partial charge in [-0.15, -0.1) is 0 Å². The lowest BCUT2D eigenvalue weighted by atomic mass is 9.80. The largest absolute Gasteiger partial charge is 0.391 e. The molecule has 2 nitrogen and oxygen atoms in total. The Bertz CT molecular complexity index is 990. The van der Waals surface area contributed by atoms with Gasteiger partial charge in [-0.05, 0) is 29.5 Å². The number of aliphatic hydroxyl groups is 1. The topological polar surface area (TPSA) is 29.5 Å². The molecule has 0 aliphatic rings. The summed E-state index contributed by atoms with van der Waals surface area (Å²) in [6.07, 6.45) is 10.3. The Hall–Kier alpha value is -2.63. The molecule has 3 aromatic carbocycles. The number of benzene rings is 3. The van der Waals surface area contributed by atoms with Crippen molar-refractivity contribution in [3.05, 3.63) is 108 Å². The summed E-state index contributed by atoms with van der Waals surface area (Å²) in [7, 11) is 0. The summed E-state index contributed by atoms with van der Waals surface area (Å²) >= 11 is 0. The molecule has 0 aliphatic carbocycles. The Labute approximate surface area is 257 Å². The third-order valence-electron chi connectivity index (χ3n) is 8.28. The van der Waals surface area contributed by atoms with Gasteiger partial charge >= 0.3 is 6.18 Å². The van der Waals surface area contributed by atoms with E-state index in [2.05, 4.69) is 36.4 Å². The summed E-state index contributed by atoms with van der Waals surface area (Å²) < 4.78 is 43.2. The first-order chi connectivity index (χ1) is 20.9. The normalized spacial score (nSPS) is 12.8. The molecule has 3 aromatic rings. The Balaban J connectivity index is 1.31. The van der Waals surface area contributed by atoms with Crippen LogP contribution in [-0.2, 0) is 10.3 Å². The van der Waals surface area contributed by atoms with Gasteiger partial charge in [-0.1, -0.05) is 174 Å². The van der Waals surface area contributed by atoms with Gasteiger partial charge in [0.1, 0.15) is 5.60 Å². The minimum absolute atomic E-state index is 0.256. The van der Waals surface area contributed by atoms with E-state index >= 15 is 0 Å². The van der Waals surface area contributed by atoms with Crippen LogP contribution in [0.5, 0.6) is 0 Å². The van der Waals surface area contributed by atoms with E-state index in [0.29, 0.717) is 6.42 Å². The highest BCUT2D eigenvalue weighted by molar-refractivity contribution is 5.47. The first-order valence-electron chi connectivity index (χ1n) is 16.5. The van der Waals surface area contributed by atoms with E-state index in [1.54, 1.807) is 0 Å². The zero-order valence-corrected chi connectivity index (χ0v) is 25.7. The number of hydrogen-bond donors (Lipinski definition) is 1. The summed E-state index contributed by atoms with van der Waals surface area (Å²) in [6, 6.07) is 30.8. The molecule has 0 saturated carbocycles. The molecule has 236 valence electrons. The van der Waals surface area contributed by atoms with Gasteiger partial charge < -0.3 is 9.84 Å². The molecule has 1 N–H and O–H groups in total. The van der Waals surface area contributed by atoms with E-state index in [-0.39, 0.29) is 13.0 Å². The van der Waals surface area contributed by atoms with Gasteiger partial charge in [-0.3, -0.25) is 0 Å². The smallest absolute Gasteiger partial charge is 0.389 e. The Kier molecular flexibility index (Phi) is 15.9. The number of unbranched alkanes of at least 4 members (excludes halogenated alkanes) is 13. The summed E-state index contributed by atoms with van der Waals surface area (Å²) in [5.41, 5.74) is 2.32. The molecular formula is C38H51F3O2. The first kappa shape index (κ1) is 34.9. The van der Waals surface area contributed by atoms with Crippen LogP contribution >= 0.6 is 0 Å². The molecule has 43 heavy (non-hydrogen) atoms. The maximum Gasteiger partial charge on any atom is 0.389 e. The van der Waals surface area contributed by atoms with Crippen molar-refractivity contribution in [1.82, 2.24) is 0 Å². The molecule has 0 saturated heterocycles. The van der Waals surface area contributed by atoms with Gasteiger partial charge in [-0.25, -0.2) is 0 Å². The molecule has 0 fully saturated rings. The first-order valence-corrected chi connectivity index (χ1v) is 16.5. The van der Waals surface area contributed by atoms with Gasteiger partial charge in [0, 0.05) is 6.42 Å². The zero-order chi connectivity index (χ0) is 30.6. The van der Waals surface area contributed by atoms with Crippen LogP contribution in [0.2, 0.25) is 0 Å². The van der Waals surface area contributed by atoms with Gasteiger partial charge in [-0.2, -0.15) is 13.2 Å². The zero-order valence-electron chi connectivity index (χ0n) is 25.7. The molecular weight excluding hydrogens is 545 g/mol. The fourth-order valence-corrected chi connectivity index (χ4v) is 5.90. The molecule has 0 unspecified atom stereocenters. The van der Waals surface area contributed by atoms with E-state index in [9.17, 15) is 18.3 Å². The average molecular weight is 597 g/mol. The maximum atomic E-state index is 12.1. The Morgan fingerprint density at radius 2 is 0.814 bits per heavy atom. The van der Waals surface area contributed by atoms with Crippen molar-refractivity contribution in [1.29, 1.82) is 0 Å². The monoisotopic (exact) mass is 596 g/mol. The number of aliphatic hydroxyl groups excluding tert-OH is 1. The van der Waals surface area contributed by atoms with Crippen LogP contribution in [0.4, 0.5) is 13.2 Å². The number of rotatable bonds is 22. The molecule has 0 heterocycles. The highest BCUT2D eigenvalue weighted by atomic mass is 19.4. The lowest BCUT2D eigenvalue weighted by Crippen LogP contribution is -2.35. The molecule has 0 aliphatic heterocycles. The number of hydrogen-bond acceptors (Lipinski definition) is 2. The van der Waals surface area contributed by atoms with Crippen molar-refractivity contribution >= 4 is 0 Å². The van der Waals surface area contributed by atoms with Crippen LogP contribution < -0.4 is 0 Å². The van der Waals surface area contributed by atoms with Crippen molar-refractivity contribution in [2.24, 2.45) is 0 Å². The van der Waals surface area contributed by atoms with Crippen LogP contribution in [0.25, 0.3) is 0 Å². The van der Waals surface area contributed by atoms with E-state index in [4.69, 9.17) is 4.74 Å². The van der Waals surface area contributed by atoms with Crippen molar-refractivity contribution < 1.29 is 23.0 Å². The highest BCUT2D eigenvalue weighted by Crippen LogP contribution is 2.40. The van der Waals surface area contributed by atoms with Gasteiger partial charge in [0.25, 0.3) is 0 Å². The van der Waals surface area contributed by atoms with Crippen molar-refractivity contribution in [3.8, 4) is 0 Å². The molecule has 0 bridgehead atoms. The predicted octanol–water partition coefficient (Wildman–Crippen LogP) is 11.2. The van der Waals surface area contributed by atoms with Crippen LogP contribution in [-0.4, -0.2) is 24.0 Å². The molecule has 0 spiro atoms. The summed E-state index contributed by atoms with van der Waals surface area (Å²) in [5.74, 6) is 0. The fraction of sp³-hybridized carbons (Fsp3) is 0.526. The predicted molar refractivity (Wildman–Crippen MR) is 171 cm³/mol. The number of halogens is 3. The molecule has 3 rings (SSSR count). The van der Waals surface area contributed by atoms with Gasteiger partial charge in [0.2, 0.25) is 0 Å². The van der Waals surface area contributed by atoms with Crippen molar-refractivity contribution in [3.63, 3.8) is 0 Å². The van der Waals surface area contributed by atoms with Crippen LogP contribution in [0.15, 0.2) is 91.0 Å². The van der Waals surface area contributed by atoms with Crippen molar-refractivity contribution in [2.45, 2.75) is 121 Å². The second kappa shape index (κ2) is 19.6. The maximum absolute atomic E-state index is 12.1. The Morgan fingerprint density at radius 1 is 0.488 bits per heavy atom. The third kappa shape index (κ3) is 12.9. The fourth-order valence-electron chi connectivity index (χ4n) is 5.90. The number of ether oxygens (including phenoxy) is 1. The van der Waals surface area contributed by atoms with E-state index in [1.807, 2.05) is 54.6 Å². The van der Waals surface area contributed by atoms with E-state index < -0.39 is 24.3 Å². The number of alkyl halides is 3. The standard InChI is InChI=1S/C38H51F3O2/c39-37(40,41)31-23-12-10-8-6-4-2-1-3-5-7-9-11-22-30-36(42)32-43-38(33-24-16-13-17-25-33,34-26-18-14-19-27-34)35-28-20-15-21-29-35/h13-21,24-29,36,42H,1-12,22-23,30-32H2/t36-/m0/s1. The summed E-state index contributed by atoms with van der Waals surface area (Å²) in [4.78, 5) is 0. The second-order valence-electron chi connectivity index (χ2n) is 11.8. The van der Waals surface area contributed by atoms with E-state index in [0.717, 1.165) is 55.2 Å². The summed E-state index contributed by atoms with van der Waals surface area (Å²) in [5, 5.41) is 10.9. The molecule has 0 aromatic heterocycles. The molecule has 1 atom stereocenters. The lowest BCUT2D eigenvalue weighted by molar-refractivity contribution is -0.135. The van der Waals surface area contributed by atoms with Gasteiger partial charge in [0.05, 0.1) is 12.7 Å². The van der Waals surface area contributed by atoms with Crippen LogP contribution in [0.3, 0.4) is 0 Å². The molecule has 0 amide bonds. The lowest BCUT2D eigenvalue weighted by Gasteiger charge is -2.36. The Morgan fingerprint density at radius 3 is 1.16 bits per heavy atom. The summed E-state index contributed by atoms with van der Waals surface area (Å²) in [6.45, 7) is 0.256. The minimum atomic E-state index is -4.00. The average Bonchev–Trinajstić information content (AvgIpc) is 3.02. The van der Waals surface area contributed by atoms with Crippen LogP contribution in [0.1, 0.15) is 119 Å². The van der Waals surface area contributed by atoms with Gasteiger partial charge in [0.15, 0.2) is 0 Å². The highest BCUT2D eigenvalue weighted by Gasteiger charge is 2.38. The molecule has 0 radical (unpaired) electrons. The molecule has 5 heteroatoms. The van der Waals surface area contributed by atoms with Crippen molar-refractivity contribution in [2.75, 3.05) is 6.61 Å². The second-order valence-corrected chi connectivity index (χ2v) is 11.8. The van der Waals surface area contributed by atoms with Crippen LogP contribution in [0, 0.1) is 0 Å². The van der Waals surface area contributed by atoms with E-state index in [1.165, 1.54) is 44.9 Å².